The maximum Gasteiger partial charge on any atom is 0.231 e. The van der Waals surface area contributed by atoms with E-state index in [4.69, 9.17) is 21.1 Å². The molecule has 6 heteroatoms. The summed E-state index contributed by atoms with van der Waals surface area (Å²) in [6.45, 7) is 2.11. The number of halogens is 1. The van der Waals surface area contributed by atoms with Gasteiger partial charge in [0.15, 0.2) is 16.7 Å². The first kappa shape index (κ1) is 11.9. The average molecular weight is 305 g/mol. The van der Waals surface area contributed by atoms with Crippen LogP contribution < -0.4 is 9.47 Å². The van der Waals surface area contributed by atoms with Crippen molar-refractivity contribution in [1.82, 2.24) is 9.97 Å². The Hall–Kier alpha value is -1.85. The van der Waals surface area contributed by atoms with Crippen molar-refractivity contribution in [2.24, 2.45) is 0 Å². The van der Waals surface area contributed by atoms with E-state index in [-0.39, 0.29) is 6.79 Å². The fourth-order valence-electron chi connectivity index (χ4n) is 2.26. The third-order valence-corrected chi connectivity index (χ3v) is 4.53. The molecule has 0 radical (unpaired) electrons. The van der Waals surface area contributed by atoms with E-state index in [0.717, 1.165) is 32.8 Å². The Balaban J connectivity index is 1.94. The fraction of sp³-hybridized carbons (Fsp3) is 0.143. The summed E-state index contributed by atoms with van der Waals surface area (Å²) < 4.78 is 11.7. The second kappa shape index (κ2) is 4.33. The van der Waals surface area contributed by atoms with Crippen molar-refractivity contribution in [3.8, 4) is 22.6 Å². The predicted molar refractivity (Wildman–Crippen MR) is 78.7 cm³/mol. The average Bonchev–Trinajstić information content (AvgIpc) is 3.03. The maximum atomic E-state index is 6.17. The highest BCUT2D eigenvalue weighted by molar-refractivity contribution is 7.18. The molecule has 3 heterocycles. The standard InChI is InChI=1S/C14H9ClN2O2S/c1-7-16-12-9(5-20-13(12)14(15)17-7)8-2-3-10-11(4-8)19-6-18-10/h2-5H,6H2,1H3. The summed E-state index contributed by atoms with van der Waals surface area (Å²) in [7, 11) is 0. The zero-order valence-electron chi connectivity index (χ0n) is 10.5. The molecule has 0 bridgehead atoms. The van der Waals surface area contributed by atoms with Crippen molar-refractivity contribution in [2.75, 3.05) is 6.79 Å². The molecule has 0 amide bonds. The number of thiophene rings is 1. The lowest BCUT2D eigenvalue weighted by Crippen LogP contribution is -1.92. The fourth-order valence-corrected chi connectivity index (χ4v) is 3.50. The van der Waals surface area contributed by atoms with Crippen LogP contribution in [0.5, 0.6) is 11.5 Å². The number of benzene rings is 1. The highest BCUT2D eigenvalue weighted by Crippen LogP contribution is 2.40. The van der Waals surface area contributed by atoms with Gasteiger partial charge in [-0.05, 0) is 24.6 Å². The maximum absolute atomic E-state index is 6.17. The van der Waals surface area contributed by atoms with Crippen LogP contribution in [-0.4, -0.2) is 16.8 Å². The molecule has 0 saturated heterocycles. The summed E-state index contributed by atoms with van der Waals surface area (Å²) in [5.74, 6) is 2.21. The molecule has 0 unspecified atom stereocenters. The van der Waals surface area contributed by atoms with Crippen molar-refractivity contribution in [3.63, 3.8) is 0 Å². The molecule has 1 aliphatic heterocycles. The first-order chi connectivity index (χ1) is 9.72. The molecule has 4 nitrogen and oxygen atoms in total. The van der Waals surface area contributed by atoms with E-state index in [1.54, 1.807) is 11.3 Å². The van der Waals surface area contributed by atoms with Gasteiger partial charge < -0.3 is 9.47 Å². The summed E-state index contributed by atoms with van der Waals surface area (Å²) in [6, 6.07) is 5.88. The Bertz CT molecular complexity index is 831. The minimum Gasteiger partial charge on any atom is -0.454 e. The van der Waals surface area contributed by atoms with Crippen LogP contribution in [0.15, 0.2) is 23.6 Å². The molecule has 4 rings (SSSR count). The molecule has 0 atom stereocenters. The molecule has 2 aromatic heterocycles. The van der Waals surface area contributed by atoms with Gasteiger partial charge in [-0.2, -0.15) is 0 Å². The number of aryl methyl sites for hydroxylation is 1. The Kier molecular flexibility index (Phi) is 2.58. The van der Waals surface area contributed by atoms with Crippen LogP contribution in [0.2, 0.25) is 5.15 Å². The second-order valence-electron chi connectivity index (χ2n) is 4.46. The van der Waals surface area contributed by atoms with Gasteiger partial charge in [0.2, 0.25) is 6.79 Å². The molecular weight excluding hydrogens is 296 g/mol. The molecule has 0 spiro atoms. The number of hydrogen-bond donors (Lipinski definition) is 0. The highest BCUT2D eigenvalue weighted by Gasteiger charge is 2.17. The third kappa shape index (κ3) is 1.74. The zero-order chi connectivity index (χ0) is 13.7. The summed E-state index contributed by atoms with van der Waals surface area (Å²) in [6.07, 6.45) is 0. The number of fused-ring (bicyclic) bond motifs is 2. The van der Waals surface area contributed by atoms with E-state index in [0.29, 0.717) is 11.0 Å². The Labute approximate surface area is 124 Å². The van der Waals surface area contributed by atoms with E-state index < -0.39 is 0 Å². The first-order valence-electron chi connectivity index (χ1n) is 6.04. The third-order valence-electron chi connectivity index (χ3n) is 3.17. The number of ether oxygens (including phenoxy) is 2. The van der Waals surface area contributed by atoms with Crippen LogP contribution in [0, 0.1) is 6.92 Å². The lowest BCUT2D eigenvalue weighted by molar-refractivity contribution is 0.174. The van der Waals surface area contributed by atoms with Crippen LogP contribution >= 0.6 is 22.9 Å². The SMILES string of the molecule is Cc1nc(Cl)c2scc(-c3ccc4c(c3)OCO4)c2n1. The van der Waals surface area contributed by atoms with Gasteiger partial charge in [-0.25, -0.2) is 9.97 Å². The first-order valence-corrected chi connectivity index (χ1v) is 7.29. The van der Waals surface area contributed by atoms with Crippen LogP contribution in [0.4, 0.5) is 0 Å². The van der Waals surface area contributed by atoms with E-state index in [2.05, 4.69) is 9.97 Å². The van der Waals surface area contributed by atoms with Gasteiger partial charge in [-0.1, -0.05) is 17.7 Å². The topological polar surface area (TPSA) is 44.2 Å². The largest absolute Gasteiger partial charge is 0.454 e. The minimum atomic E-state index is 0.274. The van der Waals surface area contributed by atoms with E-state index in [9.17, 15) is 0 Å². The van der Waals surface area contributed by atoms with Gasteiger partial charge >= 0.3 is 0 Å². The molecule has 20 heavy (non-hydrogen) atoms. The smallest absolute Gasteiger partial charge is 0.231 e. The number of rotatable bonds is 1. The van der Waals surface area contributed by atoms with Crippen LogP contribution in [-0.2, 0) is 0 Å². The van der Waals surface area contributed by atoms with E-state index >= 15 is 0 Å². The number of nitrogens with zero attached hydrogens (tertiary/aromatic N) is 2. The van der Waals surface area contributed by atoms with Gasteiger partial charge in [-0.3, -0.25) is 0 Å². The van der Waals surface area contributed by atoms with Gasteiger partial charge in [0.1, 0.15) is 5.82 Å². The van der Waals surface area contributed by atoms with Crippen molar-refractivity contribution in [1.29, 1.82) is 0 Å². The van der Waals surface area contributed by atoms with Crippen molar-refractivity contribution in [2.45, 2.75) is 6.92 Å². The summed E-state index contributed by atoms with van der Waals surface area (Å²) in [4.78, 5) is 8.70. The van der Waals surface area contributed by atoms with E-state index in [1.165, 1.54) is 0 Å². The monoisotopic (exact) mass is 304 g/mol. The molecule has 100 valence electrons. The number of aromatic nitrogens is 2. The quantitative estimate of drug-likeness (QED) is 0.636. The van der Waals surface area contributed by atoms with Crippen LogP contribution in [0.3, 0.4) is 0 Å². The van der Waals surface area contributed by atoms with Gasteiger partial charge in [0.25, 0.3) is 0 Å². The Morgan fingerprint density at radius 3 is 2.95 bits per heavy atom. The van der Waals surface area contributed by atoms with Gasteiger partial charge in [0, 0.05) is 10.9 Å². The normalized spacial score (nSPS) is 13.1. The Morgan fingerprint density at radius 1 is 1.20 bits per heavy atom. The van der Waals surface area contributed by atoms with Gasteiger partial charge in [0.05, 0.1) is 10.2 Å². The van der Waals surface area contributed by atoms with Crippen molar-refractivity contribution in [3.05, 3.63) is 34.6 Å². The minimum absolute atomic E-state index is 0.274. The molecule has 3 aromatic rings. The summed E-state index contributed by atoms with van der Waals surface area (Å²) in [5.41, 5.74) is 2.96. The lowest BCUT2D eigenvalue weighted by atomic mass is 10.1. The summed E-state index contributed by atoms with van der Waals surface area (Å²) in [5, 5.41) is 2.55. The molecular formula is C14H9ClN2O2S. The molecule has 1 aromatic carbocycles. The molecule has 0 N–H and O–H groups in total. The second-order valence-corrected chi connectivity index (χ2v) is 5.69. The van der Waals surface area contributed by atoms with Crippen molar-refractivity contribution < 1.29 is 9.47 Å². The molecule has 0 aliphatic carbocycles. The highest BCUT2D eigenvalue weighted by atomic mass is 35.5. The Morgan fingerprint density at radius 2 is 2.05 bits per heavy atom. The molecule has 0 fully saturated rings. The zero-order valence-corrected chi connectivity index (χ0v) is 12.1. The molecule has 0 saturated carbocycles. The summed E-state index contributed by atoms with van der Waals surface area (Å²) >= 11 is 7.72. The molecule has 1 aliphatic rings. The van der Waals surface area contributed by atoms with Crippen LogP contribution in [0.25, 0.3) is 21.3 Å². The van der Waals surface area contributed by atoms with Crippen LogP contribution in [0.1, 0.15) is 5.82 Å². The van der Waals surface area contributed by atoms with Gasteiger partial charge in [-0.15, -0.1) is 11.3 Å². The van der Waals surface area contributed by atoms with Crippen molar-refractivity contribution >= 4 is 33.2 Å². The van der Waals surface area contributed by atoms with E-state index in [1.807, 2.05) is 30.5 Å². The predicted octanol–water partition coefficient (Wildman–Crippen LogP) is 4.05. The lowest BCUT2D eigenvalue weighted by Gasteiger charge is -2.02. The number of hydrogen-bond acceptors (Lipinski definition) is 5.